The van der Waals surface area contributed by atoms with Crippen LogP contribution in [-0.4, -0.2) is 32.6 Å². The Labute approximate surface area is 145 Å². The Balaban J connectivity index is 1.83. The molecule has 0 aromatic heterocycles. The van der Waals surface area contributed by atoms with E-state index in [1.54, 1.807) is 44.6 Å². The Bertz CT molecular complexity index is 845. The van der Waals surface area contributed by atoms with E-state index in [-0.39, 0.29) is 18.4 Å². The van der Waals surface area contributed by atoms with E-state index in [4.69, 9.17) is 9.47 Å². The number of hydrogen-bond donors (Lipinski definition) is 1. The van der Waals surface area contributed by atoms with E-state index in [9.17, 15) is 9.59 Å². The van der Waals surface area contributed by atoms with Crippen molar-refractivity contribution in [2.24, 2.45) is 0 Å². The van der Waals surface area contributed by atoms with Crippen LogP contribution in [0.4, 0.5) is 11.4 Å². The molecule has 0 fully saturated rings. The van der Waals surface area contributed by atoms with Crippen LogP contribution in [0, 0.1) is 0 Å². The van der Waals surface area contributed by atoms with Crippen LogP contribution < -0.4 is 19.7 Å². The quantitative estimate of drug-likeness (QED) is 0.871. The first kappa shape index (κ1) is 16.6. The highest BCUT2D eigenvalue weighted by Gasteiger charge is 2.25. The van der Waals surface area contributed by atoms with Gasteiger partial charge >= 0.3 is 0 Å². The third-order valence-electron chi connectivity index (χ3n) is 3.86. The van der Waals surface area contributed by atoms with Gasteiger partial charge in [-0.15, -0.1) is 0 Å². The van der Waals surface area contributed by atoms with Crippen LogP contribution in [0.5, 0.6) is 11.5 Å². The van der Waals surface area contributed by atoms with Gasteiger partial charge < -0.3 is 14.8 Å². The Morgan fingerprint density at radius 3 is 2.64 bits per heavy atom. The lowest BCUT2D eigenvalue weighted by Gasteiger charge is -2.28. The molecule has 0 saturated carbocycles. The first-order valence-corrected chi connectivity index (χ1v) is 7.73. The second-order valence-corrected chi connectivity index (χ2v) is 5.44. The highest BCUT2D eigenvalue weighted by Crippen LogP contribution is 2.30. The second kappa shape index (κ2) is 7.09. The van der Waals surface area contributed by atoms with Crippen molar-refractivity contribution in [2.45, 2.75) is 0 Å². The molecule has 3 rings (SSSR count). The van der Waals surface area contributed by atoms with Crippen molar-refractivity contribution in [1.82, 2.24) is 0 Å². The van der Waals surface area contributed by atoms with Gasteiger partial charge in [-0.25, -0.2) is 0 Å². The molecule has 0 unspecified atom stereocenters. The summed E-state index contributed by atoms with van der Waals surface area (Å²) in [6, 6.07) is 12.6. The Hall–Kier alpha value is -3.28. The maximum atomic E-state index is 12.6. The molecular formula is C19H18N2O4. The number of nitrogens with one attached hydrogen (secondary N) is 1. The first-order valence-electron chi connectivity index (χ1n) is 7.73. The molecule has 0 aliphatic carbocycles. The van der Waals surface area contributed by atoms with Crippen molar-refractivity contribution in [1.29, 1.82) is 0 Å². The molecule has 2 aromatic rings. The molecule has 0 spiro atoms. The van der Waals surface area contributed by atoms with Crippen LogP contribution in [0.2, 0.25) is 0 Å². The molecule has 25 heavy (non-hydrogen) atoms. The predicted molar refractivity (Wildman–Crippen MR) is 96.0 cm³/mol. The molecule has 0 radical (unpaired) electrons. The average Bonchev–Trinajstić information content (AvgIpc) is 2.65. The van der Waals surface area contributed by atoms with Gasteiger partial charge in [0.05, 0.1) is 25.6 Å². The summed E-state index contributed by atoms with van der Waals surface area (Å²) in [5.41, 5.74) is 2.11. The molecule has 2 aromatic carbocycles. The first-order chi connectivity index (χ1) is 12.1. The SMILES string of the molecule is COc1ccc(/C=C/C(=O)N2CC(=O)Nc3ccccc32)cc1OC. The van der Waals surface area contributed by atoms with Crippen LogP contribution in [0.25, 0.3) is 6.08 Å². The van der Waals surface area contributed by atoms with Gasteiger partial charge in [-0.2, -0.15) is 0 Å². The second-order valence-electron chi connectivity index (χ2n) is 5.44. The number of fused-ring (bicyclic) bond motifs is 1. The molecule has 0 bridgehead atoms. The zero-order valence-corrected chi connectivity index (χ0v) is 14.0. The van der Waals surface area contributed by atoms with Crippen molar-refractivity contribution in [2.75, 3.05) is 31.0 Å². The number of ether oxygens (including phenoxy) is 2. The molecule has 0 saturated heterocycles. The fourth-order valence-corrected chi connectivity index (χ4v) is 2.64. The third-order valence-corrected chi connectivity index (χ3v) is 3.86. The lowest BCUT2D eigenvalue weighted by Crippen LogP contribution is -2.41. The summed E-state index contributed by atoms with van der Waals surface area (Å²) in [5, 5.41) is 2.76. The van der Waals surface area contributed by atoms with Crippen LogP contribution in [-0.2, 0) is 9.59 Å². The average molecular weight is 338 g/mol. The Morgan fingerprint density at radius 2 is 1.88 bits per heavy atom. The number of carbonyl (C=O) groups excluding carboxylic acids is 2. The summed E-state index contributed by atoms with van der Waals surface area (Å²) in [5.74, 6) is 0.719. The maximum absolute atomic E-state index is 12.6. The van der Waals surface area contributed by atoms with Gasteiger partial charge in [-0.3, -0.25) is 14.5 Å². The molecule has 128 valence electrons. The lowest BCUT2D eigenvalue weighted by atomic mass is 10.1. The number of benzene rings is 2. The van der Waals surface area contributed by atoms with E-state index in [0.29, 0.717) is 22.9 Å². The van der Waals surface area contributed by atoms with Crippen LogP contribution >= 0.6 is 0 Å². The van der Waals surface area contributed by atoms with Crippen molar-refractivity contribution < 1.29 is 19.1 Å². The minimum Gasteiger partial charge on any atom is -0.493 e. The van der Waals surface area contributed by atoms with Crippen LogP contribution in [0.15, 0.2) is 48.5 Å². The smallest absolute Gasteiger partial charge is 0.251 e. The largest absolute Gasteiger partial charge is 0.493 e. The fourth-order valence-electron chi connectivity index (χ4n) is 2.64. The van der Waals surface area contributed by atoms with E-state index in [1.165, 1.54) is 11.0 Å². The van der Waals surface area contributed by atoms with Crippen molar-refractivity contribution in [3.63, 3.8) is 0 Å². The van der Waals surface area contributed by atoms with Gasteiger partial charge in [0.15, 0.2) is 11.5 Å². The minimum absolute atomic E-state index is 0.00782. The molecule has 2 amide bonds. The van der Waals surface area contributed by atoms with Gasteiger partial charge in [0.25, 0.3) is 5.91 Å². The van der Waals surface area contributed by atoms with Gasteiger partial charge in [-0.05, 0) is 35.9 Å². The molecule has 1 aliphatic rings. The number of hydrogen-bond acceptors (Lipinski definition) is 4. The van der Waals surface area contributed by atoms with Crippen molar-refractivity contribution >= 4 is 29.3 Å². The number of anilines is 2. The number of amides is 2. The summed E-state index contributed by atoms with van der Waals surface area (Å²) in [6.45, 7) is -0.00782. The molecule has 6 heteroatoms. The van der Waals surface area contributed by atoms with Gasteiger partial charge in [-0.1, -0.05) is 18.2 Å². The molecule has 1 N–H and O–H groups in total. The normalized spacial score (nSPS) is 13.4. The van der Waals surface area contributed by atoms with E-state index >= 15 is 0 Å². The summed E-state index contributed by atoms with van der Waals surface area (Å²) < 4.78 is 10.4. The fraction of sp³-hybridized carbons (Fsp3) is 0.158. The van der Waals surface area contributed by atoms with E-state index in [1.807, 2.05) is 18.2 Å². The number of nitrogens with zero attached hydrogens (tertiary/aromatic N) is 1. The molecule has 0 atom stereocenters. The number of carbonyl (C=O) groups is 2. The Morgan fingerprint density at radius 1 is 1.12 bits per heavy atom. The van der Waals surface area contributed by atoms with Crippen molar-refractivity contribution in [3.05, 3.63) is 54.1 Å². The molecule has 1 aliphatic heterocycles. The number of rotatable bonds is 4. The zero-order chi connectivity index (χ0) is 17.8. The van der Waals surface area contributed by atoms with E-state index in [2.05, 4.69) is 5.32 Å². The summed E-state index contributed by atoms with van der Waals surface area (Å²) in [6.07, 6.45) is 3.12. The third kappa shape index (κ3) is 3.47. The number of para-hydroxylation sites is 2. The topological polar surface area (TPSA) is 67.9 Å². The van der Waals surface area contributed by atoms with Gasteiger partial charge in [0, 0.05) is 6.08 Å². The standard InChI is InChI=1S/C19H18N2O4/c1-24-16-9-7-13(11-17(16)25-2)8-10-19(23)21-12-18(22)20-14-5-3-4-6-15(14)21/h3-11H,12H2,1-2H3,(H,20,22)/b10-8+. The summed E-state index contributed by atoms with van der Waals surface area (Å²) in [4.78, 5) is 25.8. The van der Waals surface area contributed by atoms with Crippen LogP contribution in [0.1, 0.15) is 5.56 Å². The van der Waals surface area contributed by atoms with E-state index < -0.39 is 0 Å². The van der Waals surface area contributed by atoms with Gasteiger partial charge in [0.2, 0.25) is 5.91 Å². The predicted octanol–water partition coefficient (Wildman–Crippen LogP) is 2.70. The molecule has 6 nitrogen and oxygen atoms in total. The molecular weight excluding hydrogens is 320 g/mol. The van der Waals surface area contributed by atoms with E-state index in [0.717, 1.165) is 5.56 Å². The monoisotopic (exact) mass is 338 g/mol. The highest BCUT2D eigenvalue weighted by atomic mass is 16.5. The van der Waals surface area contributed by atoms with Crippen molar-refractivity contribution in [3.8, 4) is 11.5 Å². The molecule has 1 heterocycles. The zero-order valence-electron chi connectivity index (χ0n) is 14.0. The highest BCUT2D eigenvalue weighted by molar-refractivity contribution is 6.13. The van der Waals surface area contributed by atoms with Crippen LogP contribution in [0.3, 0.4) is 0 Å². The lowest BCUT2D eigenvalue weighted by molar-refractivity contribution is -0.119. The number of methoxy groups -OCH3 is 2. The summed E-state index contributed by atoms with van der Waals surface area (Å²) in [7, 11) is 3.12. The Kier molecular flexibility index (Phi) is 4.70. The maximum Gasteiger partial charge on any atom is 0.251 e. The van der Waals surface area contributed by atoms with Gasteiger partial charge in [0.1, 0.15) is 6.54 Å². The minimum atomic E-state index is -0.267. The summed E-state index contributed by atoms with van der Waals surface area (Å²) >= 11 is 0.